The summed E-state index contributed by atoms with van der Waals surface area (Å²) < 4.78 is 0. The Kier molecular flexibility index (Phi) is 5.03. The lowest BCUT2D eigenvalue weighted by molar-refractivity contribution is -0.129. The number of amides is 1. The van der Waals surface area contributed by atoms with Gasteiger partial charge >= 0.3 is 0 Å². The van der Waals surface area contributed by atoms with Crippen LogP contribution in [0.1, 0.15) is 22.3 Å². The second kappa shape index (κ2) is 6.77. The van der Waals surface area contributed by atoms with Crippen LogP contribution in [0.3, 0.4) is 0 Å². The highest BCUT2D eigenvalue weighted by Crippen LogP contribution is 2.14. The smallest absolute Gasteiger partial charge is 0.227 e. The van der Waals surface area contributed by atoms with Gasteiger partial charge in [-0.15, -0.1) is 0 Å². The molecule has 0 atom stereocenters. The SMILES string of the molecule is Cc1ccc(CC(=O)N(C)Cc2ccc(Cl)cc2)c(C)c1. The number of nitrogens with zero attached hydrogens (tertiary/aromatic N) is 1. The molecule has 0 aliphatic heterocycles. The molecule has 0 saturated carbocycles. The highest BCUT2D eigenvalue weighted by Gasteiger charge is 2.11. The third-order valence-electron chi connectivity index (χ3n) is 3.60. The summed E-state index contributed by atoms with van der Waals surface area (Å²) in [6.07, 6.45) is 0.441. The summed E-state index contributed by atoms with van der Waals surface area (Å²) in [5.41, 5.74) is 4.56. The molecule has 0 bridgehead atoms. The zero-order valence-electron chi connectivity index (χ0n) is 12.7. The molecule has 110 valence electrons. The summed E-state index contributed by atoms with van der Waals surface area (Å²) in [5, 5.41) is 0.711. The van der Waals surface area contributed by atoms with E-state index in [0.29, 0.717) is 18.0 Å². The van der Waals surface area contributed by atoms with Gasteiger partial charge in [0, 0.05) is 18.6 Å². The average molecular weight is 302 g/mol. The van der Waals surface area contributed by atoms with Crippen LogP contribution >= 0.6 is 11.6 Å². The van der Waals surface area contributed by atoms with Crippen LogP contribution in [-0.4, -0.2) is 17.9 Å². The van der Waals surface area contributed by atoms with Crippen molar-refractivity contribution in [3.05, 3.63) is 69.7 Å². The zero-order chi connectivity index (χ0) is 15.4. The van der Waals surface area contributed by atoms with Gasteiger partial charge in [-0.2, -0.15) is 0 Å². The third-order valence-corrected chi connectivity index (χ3v) is 3.85. The van der Waals surface area contributed by atoms with E-state index < -0.39 is 0 Å². The van der Waals surface area contributed by atoms with Crippen LogP contribution in [0.15, 0.2) is 42.5 Å². The van der Waals surface area contributed by atoms with E-state index in [1.807, 2.05) is 37.4 Å². The minimum atomic E-state index is 0.122. The van der Waals surface area contributed by atoms with Crippen LogP contribution in [0, 0.1) is 13.8 Å². The lowest BCUT2D eigenvalue weighted by Crippen LogP contribution is -2.27. The first-order valence-electron chi connectivity index (χ1n) is 7.00. The fraction of sp³-hybridized carbons (Fsp3) is 0.278. The van der Waals surface area contributed by atoms with Gasteiger partial charge in [-0.1, -0.05) is 47.5 Å². The van der Waals surface area contributed by atoms with Gasteiger partial charge in [0.15, 0.2) is 0 Å². The molecule has 0 saturated heterocycles. The molecule has 0 N–H and O–H groups in total. The standard InChI is InChI=1S/C18H20ClNO/c1-13-4-7-16(14(2)10-13)11-18(21)20(3)12-15-5-8-17(19)9-6-15/h4-10H,11-12H2,1-3H3. The quantitative estimate of drug-likeness (QED) is 0.830. The van der Waals surface area contributed by atoms with Crippen molar-refractivity contribution < 1.29 is 4.79 Å². The maximum absolute atomic E-state index is 12.3. The van der Waals surface area contributed by atoms with E-state index in [0.717, 1.165) is 11.1 Å². The van der Waals surface area contributed by atoms with Gasteiger partial charge < -0.3 is 4.90 Å². The van der Waals surface area contributed by atoms with Crippen LogP contribution < -0.4 is 0 Å². The predicted octanol–water partition coefficient (Wildman–Crippen LogP) is 4.16. The molecule has 0 fully saturated rings. The lowest BCUT2D eigenvalue weighted by atomic mass is 10.0. The van der Waals surface area contributed by atoms with Gasteiger partial charge in [0.2, 0.25) is 5.91 Å². The zero-order valence-corrected chi connectivity index (χ0v) is 13.4. The van der Waals surface area contributed by atoms with E-state index in [-0.39, 0.29) is 5.91 Å². The van der Waals surface area contributed by atoms with Crippen molar-refractivity contribution >= 4 is 17.5 Å². The molecule has 2 aromatic carbocycles. The normalized spacial score (nSPS) is 10.5. The predicted molar refractivity (Wildman–Crippen MR) is 87.5 cm³/mol. The first-order chi connectivity index (χ1) is 9.95. The summed E-state index contributed by atoms with van der Waals surface area (Å²) in [4.78, 5) is 14.1. The van der Waals surface area contributed by atoms with Gasteiger partial charge in [-0.05, 0) is 42.7 Å². The fourth-order valence-electron chi connectivity index (χ4n) is 2.29. The monoisotopic (exact) mass is 301 g/mol. The second-order valence-electron chi connectivity index (χ2n) is 5.48. The number of rotatable bonds is 4. The number of benzene rings is 2. The minimum absolute atomic E-state index is 0.122. The third kappa shape index (κ3) is 4.33. The Morgan fingerprint density at radius 3 is 2.38 bits per heavy atom. The first-order valence-corrected chi connectivity index (χ1v) is 7.38. The molecule has 0 aliphatic carbocycles. The largest absolute Gasteiger partial charge is 0.341 e. The number of halogens is 1. The fourth-order valence-corrected chi connectivity index (χ4v) is 2.42. The topological polar surface area (TPSA) is 20.3 Å². The van der Waals surface area contributed by atoms with Gasteiger partial charge in [0.05, 0.1) is 6.42 Å². The van der Waals surface area contributed by atoms with Crippen molar-refractivity contribution in [2.75, 3.05) is 7.05 Å². The van der Waals surface area contributed by atoms with Crippen LogP contribution in [0.2, 0.25) is 5.02 Å². The van der Waals surface area contributed by atoms with Crippen LogP contribution in [0.25, 0.3) is 0 Å². The Morgan fingerprint density at radius 2 is 1.76 bits per heavy atom. The van der Waals surface area contributed by atoms with Gasteiger partial charge in [0.1, 0.15) is 0 Å². The van der Waals surface area contributed by atoms with Gasteiger partial charge in [-0.25, -0.2) is 0 Å². The summed E-state index contributed by atoms with van der Waals surface area (Å²) in [6.45, 7) is 4.71. The number of hydrogen-bond acceptors (Lipinski definition) is 1. The molecule has 3 heteroatoms. The van der Waals surface area contributed by atoms with E-state index in [9.17, 15) is 4.79 Å². The highest BCUT2D eigenvalue weighted by molar-refractivity contribution is 6.30. The Bertz CT molecular complexity index is 634. The number of likely N-dealkylation sites (N-methyl/N-ethyl adjacent to an activating group) is 1. The van der Waals surface area contributed by atoms with Crippen molar-refractivity contribution in [2.45, 2.75) is 26.8 Å². The molecule has 0 aromatic heterocycles. The van der Waals surface area contributed by atoms with Crippen LogP contribution in [0.4, 0.5) is 0 Å². The number of carbonyl (C=O) groups is 1. The van der Waals surface area contributed by atoms with Crippen molar-refractivity contribution in [1.29, 1.82) is 0 Å². The van der Waals surface area contributed by atoms with Crippen LogP contribution in [-0.2, 0) is 17.8 Å². The number of hydrogen-bond donors (Lipinski definition) is 0. The van der Waals surface area contributed by atoms with E-state index >= 15 is 0 Å². The summed E-state index contributed by atoms with van der Waals surface area (Å²) >= 11 is 5.87. The first kappa shape index (κ1) is 15.6. The van der Waals surface area contributed by atoms with Crippen molar-refractivity contribution in [3.8, 4) is 0 Å². The molecule has 0 heterocycles. The molecule has 1 amide bonds. The molecule has 2 rings (SSSR count). The molecule has 0 spiro atoms. The molecule has 2 aromatic rings. The summed E-state index contributed by atoms with van der Waals surface area (Å²) in [7, 11) is 1.83. The van der Waals surface area contributed by atoms with Crippen molar-refractivity contribution in [1.82, 2.24) is 4.90 Å². The Hall–Kier alpha value is -1.80. The van der Waals surface area contributed by atoms with Gasteiger partial charge in [-0.3, -0.25) is 4.79 Å². The Balaban J connectivity index is 2.00. The van der Waals surface area contributed by atoms with Crippen molar-refractivity contribution in [3.63, 3.8) is 0 Å². The van der Waals surface area contributed by atoms with E-state index in [1.165, 1.54) is 11.1 Å². The summed E-state index contributed by atoms with van der Waals surface area (Å²) in [6, 6.07) is 13.8. The molecular formula is C18H20ClNO. The minimum Gasteiger partial charge on any atom is -0.341 e. The van der Waals surface area contributed by atoms with Crippen molar-refractivity contribution in [2.24, 2.45) is 0 Å². The Labute approximate surface area is 131 Å². The van der Waals surface area contributed by atoms with E-state index in [1.54, 1.807) is 4.90 Å². The average Bonchev–Trinajstić information content (AvgIpc) is 2.44. The van der Waals surface area contributed by atoms with Crippen LogP contribution in [0.5, 0.6) is 0 Å². The molecule has 0 aliphatic rings. The molecular weight excluding hydrogens is 282 g/mol. The lowest BCUT2D eigenvalue weighted by Gasteiger charge is -2.18. The molecule has 0 unspecified atom stereocenters. The second-order valence-corrected chi connectivity index (χ2v) is 5.92. The summed E-state index contributed by atoms with van der Waals surface area (Å²) in [5.74, 6) is 0.122. The molecule has 0 radical (unpaired) electrons. The van der Waals surface area contributed by atoms with Gasteiger partial charge in [0.25, 0.3) is 0 Å². The number of aryl methyl sites for hydroxylation is 2. The van der Waals surface area contributed by atoms with E-state index in [4.69, 9.17) is 11.6 Å². The van der Waals surface area contributed by atoms with E-state index in [2.05, 4.69) is 26.0 Å². The Morgan fingerprint density at radius 1 is 1.10 bits per heavy atom. The molecule has 2 nitrogen and oxygen atoms in total. The number of carbonyl (C=O) groups excluding carboxylic acids is 1. The maximum Gasteiger partial charge on any atom is 0.227 e. The maximum atomic E-state index is 12.3. The molecule has 21 heavy (non-hydrogen) atoms. The highest BCUT2D eigenvalue weighted by atomic mass is 35.5.